The van der Waals surface area contributed by atoms with Crippen LogP contribution in [0.1, 0.15) is 31.9 Å². The van der Waals surface area contributed by atoms with Crippen molar-refractivity contribution in [2.24, 2.45) is 0 Å². The Kier molecular flexibility index (Phi) is 3.75. The SMILES string of the molecule is CCn1cccc(C2=CC(C)(C)Oc3ccc([N+](=O)[O-])cc32)c1=O. The molecule has 1 aliphatic heterocycles. The van der Waals surface area contributed by atoms with Crippen LogP contribution in [-0.4, -0.2) is 15.1 Å². The first kappa shape index (κ1) is 16.0. The molecule has 0 spiro atoms. The van der Waals surface area contributed by atoms with Gasteiger partial charge in [-0.15, -0.1) is 0 Å². The monoisotopic (exact) mass is 326 g/mol. The van der Waals surface area contributed by atoms with Gasteiger partial charge in [-0.2, -0.15) is 0 Å². The molecule has 0 saturated heterocycles. The fraction of sp³-hybridized carbons (Fsp3) is 0.278. The molecule has 3 rings (SSSR count). The second kappa shape index (κ2) is 5.63. The predicted octanol–water partition coefficient (Wildman–Crippen LogP) is 3.38. The van der Waals surface area contributed by atoms with Crippen molar-refractivity contribution in [2.45, 2.75) is 32.9 Å². The lowest BCUT2D eigenvalue weighted by molar-refractivity contribution is -0.384. The molecule has 0 saturated carbocycles. The van der Waals surface area contributed by atoms with Crippen molar-refractivity contribution >= 4 is 11.3 Å². The summed E-state index contributed by atoms with van der Waals surface area (Å²) in [6.07, 6.45) is 3.57. The highest BCUT2D eigenvalue weighted by atomic mass is 16.6. The molecule has 1 aliphatic rings. The van der Waals surface area contributed by atoms with E-state index in [1.807, 2.05) is 26.8 Å². The Labute approximate surface area is 139 Å². The molecule has 0 aliphatic carbocycles. The van der Waals surface area contributed by atoms with Crippen LogP contribution in [0.15, 0.2) is 47.4 Å². The Balaban J connectivity index is 2.27. The maximum atomic E-state index is 12.7. The van der Waals surface area contributed by atoms with Gasteiger partial charge in [0.15, 0.2) is 0 Å². The maximum absolute atomic E-state index is 12.7. The first-order chi connectivity index (χ1) is 11.3. The van der Waals surface area contributed by atoms with E-state index >= 15 is 0 Å². The molecule has 1 aromatic heterocycles. The van der Waals surface area contributed by atoms with Gasteiger partial charge < -0.3 is 9.30 Å². The van der Waals surface area contributed by atoms with E-state index in [0.29, 0.717) is 29.0 Å². The number of nitrogens with zero attached hydrogens (tertiary/aromatic N) is 2. The van der Waals surface area contributed by atoms with E-state index in [2.05, 4.69) is 0 Å². The van der Waals surface area contributed by atoms with Gasteiger partial charge in [0.05, 0.1) is 4.92 Å². The van der Waals surface area contributed by atoms with Crippen LogP contribution in [0.25, 0.3) is 5.57 Å². The van der Waals surface area contributed by atoms with E-state index in [4.69, 9.17) is 4.74 Å². The molecule has 2 aromatic rings. The molecular weight excluding hydrogens is 308 g/mol. The number of rotatable bonds is 3. The number of fused-ring (bicyclic) bond motifs is 1. The van der Waals surface area contributed by atoms with Crippen LogP contribution >= 0.6 is 0 Å². The van der Waals surface area contributed by atoms with E-state index in [0.717, 1.165) is 0 Å². The van der Waals surface area contributed by atoms with Gasteiger partial charge in [0, 0.05) is 36.0 Å². The number of nitro benzene ring substituents is 1. The molecule has 6 nitrogen and oxygen atoms in total. The fourth-order valence-electron chi connectivity index (χ4n) is 2.88. The van der Waals surface area contributed by atoms with Gasteiger partial charge in [-0.1, -0.05) is 0 Å². The topological polar surface area (TPSA) is 74.4 Å². The minimum atomic E-state index is -0.613. The lowest BCUT2D eigenvalue weighted by Crippen LogP contribution is -2.31. The standard InChI is InChI=1S/C18H18N2O4/c1-4-19-9-5-6-13(17(19)21)15-11-18(2,3)24-16-8-7-12(20(22)23)10-14(15)16/h5-11H,4H2,1-3H3. The van der Waals surface area contributed by atoms with Crippen molar-refractivity contribution in [3.05, 3.63) is 74.2 Å². The Morgan fingerprint density at radius 3 is 2.67 bits per heavy atom. The quantitative estimate of drug-likeness (QED) is 0.640. The molecule has 0 fully saturated rings. The first-order valence-electron chi connectivity index (χ1n) is 7.73. The molecule has 0 radical (unpaired) electrons. The Morgan fingerprint density at radius 1 is 1.25 bits per heavy atom. The van der Waals surface area contributed by atoms with Crippen molar-refractivity contribution in [3.8, 4) is 5.75 Å². The van der Waals surface area contributed by atoms with Crippen molar-refractivity contribution in [1.29, 1.82) is 0 Å². The van der Waals surface area contributed by atoms with Crippen LogP contribution in [-0.2, 0) is 6.54 Å². The van der Waals surface area contributed by atoms with Gasteiger partial charge in [0.2, 0.25) is 0 Å². The second-order valence-corrected chi connectivity index (χ2v) is 6.21. The number of hydrogen-bond acceptors (Lipinski definition) is 4. The number of benzene rings is 1. The van der Waals surface area contributed by atoms with E-state index in [1.165, 1.54) is 12.1 Å². The smallest absolute Gasteiger partial charge is 0.270 e. The van der Waals surface area contributed by atoms with Crippen LogP contribution in [0.4, 0.5) is 5.69 Å². The molecule has 124 valence electrons. The number of pyridine rings is 1. The maximum Gasteiger partial charge on any atom is 0.270 e. The van der Waals surface area contributed by atoms with E-state index in [9.17, 15) is 14.9 Å². The predicted molar refractivity (Wildman–Crippen MR) is 91.3 cm³/mol. The number of aryl methyl sites for hydroxylation is 1. The van der Waals surface area contributed by atoms with Crippen molar-refractivity contribution in [1.82, 2.24) is 4.57 Å². The van der Waals surface area contributed by atoms with Crippen LogP contribution in [0.2, 0.25) is 0 Å². The molecule has 0 unspecified atom stereocenters. The van der Waals surface area contributed by atoms with Crippen molar-refractivity contribution in [2.75, 3.05) is 0 Å². The van der Waals surface area contributed by atoms with Gasteiger partial charge >= 0.3 is 0 Å². The summed E-state index contributed by atoms with van der Waals surface area (Å²) >= 11 is 0. The summed E-state index contributed by atoms with van der Waals surface area (Å²) in [7, 11) is 0. The number of non-ortho nitro benzene ring substituents is 1. The number of nitro groups is 1. The van der Waals surface area contributed by atoms with Gasteiger partial charge in [-0.05, 0) is 50.6 Å². The zero-order valence-corrected chi connectivity index (χ0v) is 13.8. The van der Waals surface area contributed by atoms with Crippen molar-refractivity contribution < 1.29 is 9.66 Å². The molecular formula is C18H18N2O4. The Hall–Kier alpha value is -2.89. The minimum absolute atomic E-state index is 0.0327. The summed E-state index contributed by atoms with van der Waals surface area (Å²) < 4.78 is 7.50. The summed E-state index contributed by atoms with van der Waals surface area (Å²) in [5, 5.41) is 11.1. The number of hydrogen-bond donors (Lipinski definition) is 0. The molecule has 0 atom stereocenters. The zero-order valence-electron chi connectivity index (χ0n) is 13.8. The summed E-state index contributed by atoms with van der Waals surface area (Å²) in [6.45, 7) is 6.23. The summed E-state index contributed by atoms with van der Waals surface area (Å²) in [5.74, 6) is 0.536. The van der Waals surface area contributed by atoms with Crippen LogP contribution in [0.5, 0.6) is 5.75 Å². The van der Waals surface area contributed by atoms with Gasteiger partial charge in [0.25, 0.3) is 11.2 Å². The highest BCUT2D eigenvalue weighted by Crippen LogP contribution is 2.40. The molecule has 0 amide bonds. The Bertz CT molecular complexity index is 909. The molecule has 6 heteroatoms. The number of aromatic nitrogens is 1. The third-order valence-corrected chi connectivity index (χ3v) is 3.98. The highest BCUT2D eigenvalue weighted by Gasteiger charge is 2.29. The van der Waals surface area contributed by atoms with E-state index in [1.54, 1.807) is 29.0 Å². The normalized spacial score (nSPS) is 15.2. The molecule has 24 heavy (non-hydrogen) atoms. The third-order valence-electron chi connectivity index (χ3n) is 3.98. The lowest BCUT2D eigenvalue weighted by Gasteiger charge is -2.31. The minimum Gasteiger partial charge on any atom is -0.483 e. The van der Waals surface area contributed by atoms with Crippen LogP contribution in [0, 0.1) is 10.1 Å². The van der Waals surface area contributed by atoms with Crippen LogP contribution in [0.3, 0.4) is 0 Å². The van der Waals surface area contributed by atoms with E-state index < -0.39 is 10.5 Å². The second-order valence-electron chi connectivity index (χ2n) is 6.21. The first-order valence-corrected chi connectivity index (χ1v) is 7.73. The van der Waals surface area contributed by atoms with Gasteiger partial charge in [-0.3, -0.25) is 14.9 Å². The van der Waals surface area contributed by atoms with E-state index in [-0.39, 0.29) is 11.2 Å². The summed E-state index contributed by atoms with van der Waals surface area (Å²) in [4.78, 5) is 23.3. The molecule has 2 heterocycles. The van der Waals surface area contributed by atoms with Crippen LogP contribution < -0.4 is 10.3 Å². The van der Waals surface area contributed by atoms with Gasteiger partial charge in [0.1, 0.15) is 11.4 Å². The molecule has 0 N–H and O–H groups in total. The average molecular weight is 326 g/mol. The van der Waals surface area contributed by atoms with Gasteiger partial charge in [-0.25, -0.2) is 0 Å². The van der Waals surface area contributed by atoms with Crippen molar-refractivity contribution in [3.63, 3.8) is 0 Å². The lowest BCUT2D eigenvalue weighted by atomic mass is 9.90. The largest absolute Gasteiger partial charge is 0.483 e. The molecule has 1 aromatic carbocycles. The summed E-state index contributed by atoms with van der Waals surface area (Å²) in [6, 6.07) is 8.00. The fourth-order valence-corrected chi connectivity index (χ4v) is 2.88. The third kappa shape index (κ3) is 2.71. The zero-order chi connectivity index (χ0) is 17.5. The highest BCUT2D eigenvalue weighted by molar-refractivity contribution is 5.85. The number of ether oxygens (including phenoxy) is 1. The average Bonchev–Trinajstić information content (AvgIpc) is 2.53. The molecule has 0 bridgehead atoms. The summed E-state index contributed by atoms with van der Waals surface area (Å²) in [5.41, 5.74) is 0.971. The Morgan fingerprint density at radius 2 is 2.00 bits per heavy atom.